The van der Waals surface area contributed by atoms with Crippen LogP contribution in [0, 0.1) is 0 Å². The number of carbonyl (C=O) groups is 1. The molecule has 96 valence electrons. The number of aromatic nitrogens is 2. The van der Waals surface area contributed by atoms with Gasteiger partial charge in [-0.1, -0.05) is 23.7 Å². The number of hydrogen-bond acceptors (Lipinski definition) is 4. The fraction of sp³-hybridized carbons (Fsp3) is 0.154. The van der Waals surface area contributed by atoms with Crippen molar-refractivity contribution < 1.29 is 4.79 Å². The molecule has 2 aromatic rings. The Bertz CT molecular complexity index is 614. The Kier molecular flexibility index (Phi) is 3.05. The molecule has 0 saturated heterocycles. The third-order valence-electron chi connectivity index (χ3n) is 2.89. The topological polar surface area (TPSA) is 58.1 Å². The zero-order valence-corrected chi connectivity index (χ0v) is 10.8. The summed E-state index contributed by atoms with van der Waals surface area (Å²) >= 11 is 5.71. The molecule has 0 radical (unpaired) electrons. The van der Waals surface area contributed by atoms with Gasteiger partial charge in [-0.25, -0.2) is 0 Å². The number of para-hydroxylation sites is 2. The number of benzene rings is 1. The van der Waals surface area contributed by atoms with E-state index >= 15 is 0 Å². The van der Waals surface area contributed by atoms with Crippen molar-refractivity contribution in [3.8, 4) is 0 Å². The van der Waals surface area contributed by atoms with Gasteiger partial charge in [0.2, 0.25) is 5.91 Å². The van der Waals surface area contributed by atoms with Gasteiger partial charge in [-0.2, -0.15) is 5.10 Å². The van der Waals surface area contributed by atoms with Crippen molar-refractivity contribution in [3.63, 3.8) is 0 Å². The third-order valence-corrected chi connectivity index (χ3v) is 3.09. The van der Waals surface area contributed by atoms with Gasteiger partial charge in [0.25, 0.3) is 0 Å². The van der Waals surface area contributed by atoms with Crippen LogP contribution in [-0.4, -0.2) is 22.6 Å². The molecule has 0 atom stereocenters. The van der Waals surface area contributed by atoms with Gasteiger partial charge in [0.15, 0.2) is 5.15 Å². The number of anilines is 2. The first kappa shape index (κ1) is 11.9. The summed E-state index contributed by atoms with van der Waals surface area (Å²) in [5.41, 5.74) is 2.58. The van der Waals surface area contributed by atoms with E-state index in [1.165, 1.54) is 0 Å². The van der Waals surface area contributed by atoms with Gasteiger partial charge in [-0.05, 0) is 24.3 Å². The molecular formula is C13H11ClN4O. The van der Waals surface area contributed by atoms with E-state index in [2.05, 4.69) is 15.5 Å². The van der Waals surface area contributed by atoms with Crippen molar-refractivity contribution in [1.82, 2.24) is 10.2 Å². The molecule has 1 aromatic carbocycles. The van der Waals surface area contributed by atoms with Gasteiger partial charge >= 0.3 is 0 Å². The zero-order valence-electron chi connectivity index (χ0n) is 10.0. The van der Waals surface area contributed by atoms with Crippen molar-refractivity contribution >= 4 is 28.9 Å². The number of hydrogen-bond donors (Lipinski definition) is 1. The summed E-state index contributed by atoms with van der Waals surface area (Å²) in [4.78, 5) is 13.6. The van der Waals surface area contributed by atoms with Crippen molar-refractivity contribution in [2.45, 2.75) is 6.54 Å². The lowest BCUT2D eigenvalue weighted by atomic mass is 10.2. The van der Waals surface area contributed by atoms with Gasteiger partial charge < -0.3 is 10.2 Å². The summed E-state index contributed by atoms with van der Waals surface area (Å²) in [5, 5.41) is 11.0. The van der Waals surface area contributed by atoms with Crippen LogP contribution in [0.1, 0.15) is 5.69 Å². The van der Waals surface area contributed by atoms with Gasteiger partial charge in [0.1, 0.15) is 0 Å². The largest absolute Gasteiger partial charge is 0.355 e. The second kappa shape index (κ2) is 4.85. The average Bonchev–Trinajstić information content (AvgIpc) is 2.41. The Morgan fingerprint density at radius 3 is 2.84 bits per heavy atom. The maximum atomic E-state index is 11.7. The number of nitrogens with zero attached hydrogens (tertiary/aromatic N) is 3. The van der Waals surface area contributed by atoms with Gasteiger partial charge in [0.05, 0.1) is 30.2 Å². The molecule has 6 heteroatoms. The molecular weight excluding hydrogens is 264 g/mol. The zero-order chi connectivity index (χ0) is 13.2. The number of rotatable bonds is 2. The van der Waals surface area contributed by atoms with Crippen LogP contribution in [0.15, 0.2) is 36.4 Å². The highest BCUT2D eigenvalue weighted by molar-refractivity contribution is 6.29. The van der Waals surface area contributed by atoms with E-state index in [1.807, 2.05) is 35.2 Å². The molecule has 1 aromatic heterocycles. The average molecular weight is 275 g/mol. The van der Waals surface area contributed by atoms with E-state index in [4.69, 9.17) is 11.6 Å². The summed E-state index contributed by atoms with van der Waals surface area (Å²) in [6.45, 7) is 0.829. The monoisotopic (exact) mass is 274 g/mol. The maximum absolute atomic E-state index is 11.7. The van der Waals surface area contributed by atoms with Crippen molar-refractivity contribution in [1.29, 1.82) is 0 Å². The van der Waals surface area contributed by atoms with Crippen LogP contribution >= 0.6 is 11.6 Å². The number of halogens is 1. The lowest BCUT2D eigenvalue weighted by Crippen LogP contribution is -2.37. The molecule has 3 rings (SSSR count). The van der Waals surface area contributed by atoms with E-state index in [9.17, 15) is 4.79 Å². The summed E-state index contributed by atoms with van der Waals surface area (Å²) < 4.78 is 0. The number of nitrogens with one attached hydrogen (secondary N) is 1. The minimum atomic E-state index is -0.0272. The molecule has 1 aliphatic rings. The molecule has 0 saturated carbocycles. The fourth-order valence-corrected chi connectivity index (χ4v) is 2.17. The van der Waals surface area contributed by atoms with E-state index in [0.29, 0.717) is 18.2 Å². The Morgan fingerprint density at radius 2 is 2.05 bits per heavy atom. The van der Waals surface area contributed by atoms with Crippen LogP contribution in [0.4, 0.5) is 11.4 Å². The molecule has 5 nitrogen and oxygen atoms in total. The van der Waals surface area contributed by atoms with E-state index in [1.54, 1.807) is 6.07 Å². The molecule has 0 aliphatic carbocycles. The van der Waals surface area contributed by atoms with Gasteiger partial charge in [0, 0.05) is 0 Å². The number of amides is 1. The minimum Gasteiger partial charge on any atom is -0.355 e. The van der Waals surface area contributed by atoms with Crippen molar-refractivity contribution in [2.24, 2.45) is 0 Å². The van der Waals surface area contributed by atoms with Crippen LogP contribution in [0.3, 0.4) is 0 Å². The molecule has 1 aliphatic heterocycles. The van der Waals surface area contributed by atoms with Gasteiger partial charge in [-0.15, -0.1) is 5.10 Å². The fourth-order valence-electron chi connectivity index (χ4n) is 2.07. The molecule has 0 unspecified atom stereocenters. The van der Waals surface area contributed by atoms with Crippen LogP contribution in [0.2, 0.25) is 5.15 Å². The van der Waals surface area contributed by atoms with Gasteiger partial charge in [-0.3, -0.25) is 4.79 Å². The number of carbonyl (C=O) groups excluding carboxylic acids is 1. The standard InChI is InChI=1S/C13H11ClN4O/c14-12-6-5-9(16-17-12)7-18-8-13(19)15-10-3-1-2-4-11(10)18/h1-6H,7-8H2,(H,15,19). The van der Waals surface area contributed by atoms with Crippen LogP contribution < -0.4 is 10.2 Å². The second-order valence-electron chi connectivity index (χ2n) is 4.27. The summed E-state index contributed by atoms with van der Waals surface area (Å²) in [6.07, 6.45) is 0. The van der Waals surface area contributed by atoms with Crippen LogP contribution in [-0.2, 0) is 11.3 Å². The summed E-state index contributed by atoms with van der Waals surface area (Å²) in [6, 6.07) is 11.2. The van der Waals surface area contributed by atoms with Crippen molar-refractivity contribution in [3.05, 3.63) is 47.2 Å². The van der Waals surface area contributed by atoms with Crippen LogP contribution in [0.25, 0.3) is 0 Å². The molecule has 1 N–H and O–H groups in total. The second-order valence-corrected chi connectivity index (χ2v) is 4.66. The number of fused-ring (bicyclic) bond motifs is 1. The molecule has 0 spiro atoms. The highest BCUT2D eigenvalue weighted by atomic mass is 35.5. The Morgan fingerprint density at radius 1 is 1.21 bits per heavy atom. The first-order chi connectivity index (χ1) is 9.22. The minimum absolute atomic E-state index is 0.0272. The third kappa shape index (κ3) is 2.51. The lowest BCUT2D eigenvalue weighted by molar-refractivity contribution is -0.115. The molecule has 1 amide bonds. The highest BCUT2D eigenvalue weighted by Gasteiger charge is 2.21. The summed E-state index contributed by atoms with van der Waals surface area (Å²) in [5.74, 6) is -0.0272. The molecule has 0 fully saturated rings. The molecule has 2 heterocycles. The SMILES string of the molecule is O=C1CN(Cc2ccc(Cl)nn2)c2ccccc2N1. The summed E-state index contributed by atoms with van der Waals surface area (Å²) in [7, 11) is 0. The maximum Gasteiger partial charge on any atom is 0.243 e. The van der Waals surface area contributed by atoms with E-state index in [0.717, 1.165) is 17.1 Å². The Balaban J connectivity index is 1.89. The Hall–Kier alpha value is -2.14. The normalized spacial score (nSPS) is 13.9. The first-order valence-electron chi connectivity index (χ1n) is 5.84. The lowest BCUT2D eigenvalue weighted by Gasteiger charge is -2.30. The first-order valence-corrected chi connectivity index (χ1v) is 6.22. The quantitative estimate of drug-likeness (QED) is 0.911. The van der Waals surface area contributed by atoms with E-state index < -0.39 is 0 Å². The van der Waals surface area contributed by atoms with Crippen LogP contribution in [0.5, 0.6) is 0 Å². The van der Waals surface area contributed by atoms with E-state index in [-0.39, 0.29) is 5.91 Å². The molecule has 0 bridgehead atoms. The van der Waals surface area contributed by atoms with Crippen molar-refractivity contribution in [2.75, 3.05) is 16.8 Å². The predicted octanol–water partition coefficient (Wildman–Crippen LogP) is 2.09. The smallest absolute Gasteiger partial charge is 0.243 e. The predicted molar refractivity (Wildman–Crippen MR) is 73.2 cm³/mol. The molecule has 19 heavy (non-hydrogen) atoms. The Labute approximate surface area is 115 Å². The highest BCUT2D eigenvalue weighted by Crippen LogP contribution is 2.29.